The molecule has 0 amide bonds. The SMILES string of the molecule is CS(=O)(=O)c1cc(C(F)(F)F)ccc1C(=O)c1ccc(C(F)(F)F)c(F)c1O. The number of alkyl halides is 6. The summed E-state index contributed by atoms with van der Waals surface area (Å²) in [5, 5.41) is 9.63. The van der Waals surface area contributed by atoms with Crippen LogP contribution >= 0.6 is 0 Å². The lowest BCUT2D eigenvalue weighted by Gasteiger charge is -2.14. The van der Waals surface area contributed by atoms with Gasteiger partial charge in [0.25, 0.3) is 0 Å². The molecule has 0 saturated carbocycles. The van der Waals surface area contributed by atoms with E-state index in [1.165, 1.54) is 0 Å². The Balaban J connectivity index is 2.70. The van der Waals surface area contributed by atoms with Gasteiger partial charge in [0.2, 0.25) is 0 Å². The molecule has 0 aromatic heterocycles. The van der Waals surface area contributed by atoms with E-state index in [9.17, 15) is 49.1 Å². The third kappa shape index (κ3) is 4.11. The number of carbonyl (C=O) groups excluding carboxylic acids is 1. The Bertz CT molecular complexity index is 1050. The second-order valence-electron chi connectivity index (χ2n) is 5.63. The van der Waals surface area contributed by atoms with Gasteiger partial charge in [-0.3, -0.25) is 4.79 Å². The molecule has 28 heavy (non-hydrogen) atoms. The van der Waals surface area contributed by atoms with Gasteiger partial charge >= 0.3 is 12.4 Å². The van der Waals surface area contributed by atoms with E-state index in [0.717, 1.165) is 0 Å². The molecular formula is C16H9F7O4S. The van der Waals surface area contributed by atoms with Crippen LogP contribution in [0.2, 0.25) is 0 Å². The number of phenolic OH excluding ortho intramolecular Hbond substituents is 1. The lowest BCUT2D eigenvalue weighted by atomic mass is 9.99. The summed E-state index contributed by atoms with van der Waals surface area (Å²) in [6.07, 6.45) is -9.62. The lowest BCUT2D eigenvalue weighted by Crippen LogP contribution is -2.14. The molecule has 12 heteroatoms. The molecule has 0 heterocycles. The minimum absolute atomic E-state index is 0.145. The standard InChI is InChI=1S/C16H9F7O4S/c1-28(26,27)11-6-7(15(18,19)20)2-3-8(11)13(24)9-4-5-10(16(21,22)23)12(17)14(9)25/h2-6,25H,1H3. The van der Waals surface area contributed by atoms with Crippen LogP contribution in [0.15, 0.2) is 35.2 Å². The third-order valence-electron chi connectivity index (χ3n) is 3.62. The van der Waals surface area contributed by atoms with Crippen molar-refractivity contribution in [3.63, 3.8) is 0 Å². The maximum Gasteiger partial charge on any atom is 0.419 e. The molecule has 0 aliphatic carbocycles. The van der Waals surface area contributed by atoms with E-state index in [2.05, 4.69) is 0 Å². The number of carbonyl (C=O) groups is 1. The highest BCUT2D eigenvalue weighted by molar-refractivity contribution is 7.90. The fraction of sp³-hybridized carbons (Fsp3) is 0.188. The van der Waals surface area contributed by atoms with E-state index in [-0.39, 0.29) is 12.1 Å². The highest BCUT2D eigenvalue weighted by atomic mass is 32.2. The first-order valence-corrected chi connectivity index (χ1v) is 8.99. The summed E-state index contributed by atoms with van der Waals surface area (Å²) in [6, 6.07) is 1.57. The molecule has 0 saturated heterocycles. The van der Waals surface area contributed by atoms with Crippen LogP contribution in [-0.2, 0) is 22.2 Å². The Labute approximate surface area is 153 Å². The van der Waals surface area contributed by atoms with Crippen LogP contribution in [0.4, 0.5) is 30.7 Å². The zero-order chi connectivity index (χ0) is 21.7. The number of benzene rings is 2. The van der Waals surface area contributed by atoms with Crippen molar-refractivity contribution in [3.05, 3.63) is 58.4 Å². The van der Waals surface area contributed by atoms with E-state index in [4.69, 9.17) is 0 Å². The first-order chi connectivity index (χ1) is 12.5. The van der Waals surface area contributed by atoms with Gasteiger partial charge in [-0.15, -0.1) is 0 Å². The van der Waals surface area contributed by atoms with Crippen LogP contribution in [-0.4, -0.2) is 25.6 Å². The van der Waals surface area contributed by atoms with Gasteiger partial charge < -0.3 is 5.11 Å². The van der Waals surface area contributed by atoms with Crippen molar-refractivity contribution in [2.24, 2.45) is 0 Å². The van der Waals surface area contributed by atoms with Crippen molar-refractivity contribution in [1.29, 1.82) is 0 Å². The molecular weight excluding hydrogens is 421 g/mol. The molecule has 0 unspecified atom stereocenters. The van der Waals surface area contributed by atoms with Gasteiger partial charge in [0.1, 0.15) is 0 Å². The number of phenols is 1. The first-order valence-electron chi connectivity index (χ1n) is 7.10. The Morgan fingerprint density at radius 3 is 1.93 bits per heavy atom. The molecule has 2 rings (SSSR count). The Morgan fingerprint density at radius 2 is 1.46 bits per heavy atom. The average molecular weight is 430 g/mol. The molecule has 0 radical (unpaired) electrons. The quantitative estimate of drug-likeness (QED) is 0.585. The van der Waals surface area contributed by atoms with Gasteiger partial charge in [-0.2, -0.15) is 26.3 Å². The minimum atomic E-state index is -5.19. The fourth-order valence-electron chi connectivity index (χ4n) is 2.30. The summed E-state index contributed by atoms with van der Waals surface area (Å²) in [6.45, 7) is 0. The molecule has 152 valence electrons. The van der Waals surface area contributed by atoms with Gasteiger partial charge in [0.15, 0.2) is 27.2 Å². The van der Waals surface area contributed by atoms with Crippen molar-refractivity contribution in [3.8, 4) is 5.75 Å². The number of hydrogen-bond acceptors (Lipinski definition) is 4. The predicted octanol–water partition coefficient (Wildman–Crippen LogP) is 4.20. The summed E-state index contributed by atoms with van der Waals surface area (Å²) in [5.74, 6) is -5.36. The summed E-state index contributed by atoms with van der Waals surface area (Å²) in [7, 11) is -4.40. The van der Waals surface area contributed by atoms with Crippen molar-refractivity contribution in [2.45, 2.75) is 17.2 Å². The van der Waals surface area contributed by atoms with Crippen molar-refractivity contribution in [2.75, 3.05) is 6.26 Å². The first kappa shape index (κ1) is 21.7. The van der Waals surface area contributed by atoms with Crippen molar-refractivity contribution in [1.82, 2.24) is 0 Å². The minimum Gasteiger partial charge on any atom is -0.504 e. The van der Waals surface area contributed by atoms with E-state index in [1.54, 1.807) is 0 Å². The van der Waals surface area contributed by atoms with Crippen LogP contribution in [0.3, 0.4) is 0 Å². The normalized spacial score (nSPS) is 12.9. The zero-order valence-electron chi connectivity index (χ0n) is 13.6. The Morgan fingerprint density at radius 1 is 0.929 bits per heavy atom. The van der Waals surface area contributed by atoms with Crippen LogP contribution in [0.1, 0.15) is 27.0 Å². The molecule has 0 atom stereocenters. The number of rotatable bonds is 3. The highest BCUT2D eigenvalue weighted by Crippen LogP contribution is 2.38. The Hall–Kier alpha value is -2.63. The molecule has 2 aromatic rings. The molecule has 0 aliphatic heterocycles. The maximum atomic E-state index is 13.8. The summed E-state index contributed by atoms with van der Waals surface area (Å²) >= 11 is 0. The summed E-state index contributed by atoms with van der Waals surface area (Å²) in [5.41, 5.74) is -5.19. The second kappa shape index (κ2) is 6.76. The van der Waals surface area contributed by atoms with E-state index in [0.29, 0.717) is 24.5 Å². The predicted molar refractivity (Wildman–Crippen MR) is 81.1 cm³/mol. The maximum absolute atomic E-state index is 13.8. The molecule has 1 N–H and O–H groups in total. The Kier molecular flexibility index (Phi) is 5.23. The van der Waals surface area contributed by atoms with Crippen LogP contribution in [0.25, 0.3) is 0 Å². The largest absolute Gasteiger partial charge is 0.504 e. The smallest absolute Gasteiger partial charge is 0.419 e. The monoisotopic (exact) mass is 430 g/mol. The van der Waals surface area contributed by atoms with E-state index >= 15 is 0 Å². The van der Waals surface area contributed by atoms with Crippen LogP contribution < -0.4 is 0 Å². The van der Waals surface area contributed by atoms with Gasteiger partial charge in [-0.05, 0) is 30.3 Å². The average Bonchev–Trinajstić information content (AvgIpc) is 2.53. The van der Waals surface area contributed by atoms with E-state index < -0.39 is 66.7 Å². The number of sulfone groups is 1. The second-order valence-corrected chi connectivity index (χ2v) is 7.62. The fourth-order valence-corrected chi connectivity index (χ4v) is 3.21. The summed E-state index contributed by atoms with van der Waals surface area (Å²) < 4.78 is 114. The molecule has 0 aliphatic rings. The summed E-state index contributed by atoms with van der Waals surface area (Å²) in [4.78, 5) is 11.4. The number of hydrogen-bond donors (Lipinski definition) is 1. The van der Waals surface area contributed by atoms with Crippen LogP contribution in [0.5, 0.6) is 5.75 Å². The number of ketones is 1. The molecule has 0 bridgehead atoms. The zero-order valence-corrected chi connectivity index (χ0v) is 14.4. The topological polar surface area (TPSA) is 71.4 Å². The molecule has 0 spiro atoms. The number of aromatic hydroxyl groups is 1. The van der Waals surface area contributed by atoms with Crippen molar-refractivity contribution >= 4 is 15.6 Å². The van der Waals surface area contributed by atoms with Crippen LogP contribution in [0, 0.1) is 5.82 Å². The van der Waals surface area contributed by atoms with Gasteiger partial charge in [0, 0.05) is 11.8 Å². The van der Waals surface area contributed by atoms with Gasteiger partial charge in [-0.1, -0.05) is 0 Å². The molecule has 0 fully saturated rings. The van der Waals surface area contributed by atoms with E-state index in [1.807, 2.05) is 0 Å². The molecule has 2 aromatic carbocycles. The molecule has 4 nitrogen and oxygen atoms in total. The third-order valence-corrected chi connectivity index (χ3v) is 4.76. The highest BCUT2D eigenvalue weighted by Gasteiger charge is 2.37. The van der Waals surface area contributed by atoms with Crippen molar-refractivity contribution < 1.29 is 49.1 Å². The van der Waals surface area contributed by atoms with Gasteiger partial charge in [0.05, 0.1) is 21.6 Å². The van der Waals surface area contributed by atoms with Gasteiger partial charge in [-0.25, -0.2) is 12.8 Å². The lowest BCUT2D eigenvalue weighted by molar-refractivity contribution is -0.140. The number of halogens is 7.